The molecule has 15 heavy (non-hydrogen) atoms. The molecule has 5 nitrogen and oxygen atoms in total. The van der Waals surface area contributed by atoms with E-state index in [9.17, 15) is 10.2 Å². The van der Waals surface area contributed by atoms with Gasteiger partial charge in [0.05, 0.1) is 6.61 Å². The quantitative estimate of drug-likeness (QED) is 0.631. The highest BCUT2D eigenvalue weighted by Crippen LogP contribution is 2.29. The van der Waals surface area contributed by atoms with Crippen LogP contribution in [0.5, 0.6) is 0 Å². The van der Waals surface area contributed by atoms with E-state index in [2.05, 4.69) is 6.92 Å². The fourth-order valence-electron chi connectivity index (χ4n) is 1.93. The van der Waals surface area contributed by atoms with Crippen LogP contribution < -0.4 is 0 Å². The van der Waals surface area contributed by atoms with Gasteiger partial charge in [0.1, 0.15) is 24.4 Å². The third-order valence-electron chi connectivity index (χ3n) is 2.87. The SMILES string of the molecule is CCCCO[C@H]1C(O)C2COC(O2)C1O. The molecule has 2 saturated heterocycles. The van der Waals surface area contributed by atoms with Crippen molar-refractivity contribution in [3.8, 4) is 0 Å². The minimum Gasteiger partial charge on any atom is -0.387 e. The van der Waals surface area contributed by atoms with Crippen molar-refractivity contribution < 1.29 is 24.4 Å². The molecule has 0 aromatic carbocycles. The van der Waals surface area contributed by atoms with E-state index in [-0.39, 0.29) is 6.10 Å². The average Bonchev–Trinajstić information content (AvgIpc) is 2.67. The van der Waals surface area contributed by atoms with Crippen LogP contribution in [0.2, 0.25) is 0 Å². The topological polar surface area (TPSA) is 68.2 Å². The number of aliphatic hydroxyl groups is 2. The maximum atomic E-state index is 9.84. The maximum absolute atomic E-state index is 9.84. The average molecular weight is 218 g/mol. The molecule has 2 fully saturated rings. The third kappa shape index (κ3) is 2.16. The fourth-order valence-corrected chi connectivity index (χ4v) is 1.93. The Morgan fingerprint density at radius 2 is 2.13 bits per heavy atom. The Morgan fingerprint density at radius 3 is 2.87 bits per heavy atom. The molecule has 2 bridgehead atoms. The molecule has 0 radical (unpaired) electrons. The van der Waals surface area contributed by atoms with E-state index in [1.54, 1.807) is 0 Å². The Labute approximate surface area is 88.9 Å². The second-order valence-corrected chi connectivity index (χ2v) is 4.05. The molecule has 0 aromatic rings. The van der Waals surface area contributed by atoms with Gasteiger partial charge in [0.25, 0.3) is 0 Å². The molecule has 5 atom stereocenters. The van der Waals surface area contributed by atoms with Gasteiger partial charge in [-0.25, -0.2) is 0 Å². The minimum atomic E-state index is -0.893. The summed E-state index contributed by atoms with van der Waals surface area (Å²) < 4.78 is 15.9. The molecule has 88 valence electrons. The minimum absolute atomic E-state index is 0.330. The highest BCUT2D eigenvalue weighted by atomic mass is 16.7. The van der Waals surface area contributed by atoms with Gasteiger partial charge in [0.15, 0.2) is 6.29 Å². The van der Waals surface area contributed by atoms with Gasteiger partial charge in [0, 0.05) is 6.61 Å². The van der Waals surface area contributed by atoms with Gasteiger partial charge in [-0.1, -0.05) is 13.3 Å². The van der Waals surface area contributed by atoms with Crippen molar-refractivity contribution in [2.24, 2.45) is 0 Å². The van der Waals surface area contributed by atoms with Crippen LogP contribution in [0.15, 0.2) is 0 Å². The maximum Gasteiger partial charge on any atom is 0.186 e. The van der Waals surface area contributed by atoms with E-state index in [1.165, 1.54) is 0 Å². The molecule has 2 aliphatic rings. The second-order valence-electron chi connectivity index (χ2n) is 4.05. The summed E-state index contributed by atoms with van der Waals surface area (Å²) in [6.07, 6.45) is -1.31. The molecule has 2 N–H and O–H groups in total. The molecule has 5 heteroatoms. The Hall–Kier alpha value is -0.200. The lowest BCUT2D eigenvalue weighted by atomic mass is 10.0. The first-order valence-corrected chi connectivity index (χ1v) is 5.49. The number of hydrogen-bond donors (Lipinski definition) is 2. The number of rotatable bonds is 4. The third-order valence-corrected chi connectivity index (χ3v) is 2.87. The predicted molar refractivity (Wildman–Crippen MR) is 51.3 cm³/mol. The molecule has 0 saturated carbocycles. The van der Waals surface area contributed by atoms with Gasteiger partial charge in [0.2, 0.25) is 0 Å². The number of unbranched alkanes of at least 4 members (excludes halogenated alkanes) is 1. The highest BCUT2D eigenvalue weighted by molar-refractivity contribution is 4.93. The zero-order valence-electron chi connectivity index (χ0n) is 8.83. The summed E-state index contributed by atoms with van der Waals surface area (Å²) in [7, 11) is 0. The van der Waals surface area contributed by atoms with Gasteiger partial charge in [-0.05, 0) is 6.42 Å². The van der Waals surface area contributed by atoms with E-state index in [4.69, 9.17) is 14.2 Å². The standard InChI is InChI=1S/C10H18O5/c1-2-3-4-13-9-7(11)6-5-14-10(15-6)8(9)12/h6-12H,2-5H2,1H3/t6?,7?,8?,9-,10?/m0/s1. The van der Waals surface area contributed by atoms with Gasteiger partial charge < -0.3 is 24.4 Å². The van der Waals surface area contributed by atoms with Crippen molar-refractivity contribution in [2.45, 2.75) is 50.5 Å². The van der Waals surface area contributed by atoms with Crippen molar-refractivity contribution in [1.82, 2.24) is 0 Å². The van der Waals surface area contributed by atoms with Crippen molar-refractivity contribution in [2.75, 3.05) is 13.2 Å². The van der Waals surface area contributed by atoms with Crippen LogP contribution in [0.4, 0.5) is 0 Å². The number of ether oxygens (including phenoxy) is 3. The van der Waals surface area contributed by atoms with E-state index >= 15 is 0 Å². The summed E-state index contributed by atoms with van der Waals surface area (Å²) in [5.41, 5.74) is 0. The summed E-state index contributed by atoms with van der Waals surface area (Å²) in [6, 6.07) is 0. The van der Waals surface area contributed by atoms with Crippen LogP contribution in [0.3, 0.4) is 0 Å². The van der Waals surface area contributed by atoms with Crippen LogP contribution >= 0.6 is 0 Å². The molecule has 4 unspecified atom stereocenters. The molecule has 0 amide bonds. The van der Waals surface area contributed by atoms with Crippen LogP contribution in [0.25, 0.3) is 0 Å². The van der Waals surface area contributed by atoms with E-state index in [0.29, 0.717) is 13.2 Å². The highest BCUT2D eigenvalue weighted by Gasteiger charge is 2.50. The number of fused-ring (bicyclic) bond motifs is 2. The van der Waals surface area contributed by atoms with E-state index in [0.717, 1.165) is 12.8 Å². The summed E-state index contributed by atoms with van der Waals surface area (Å²) >= 11 is 0. The van der Waals surface area contributed by atoms with Crippen LogP contribution in [0.1, 0.15) is 19.8 Å². The number of hydrogen-bond acceptors (Lipinski definition) is 5. The van der Waals surface area contributed by atoms with Gasteiger partial charge in [-0.15, -0.1) is 0 Å². The summed E-state index contributed by atoms with van der Waals surface area (Å²) in [5, 5.41) is 19.6. The molecule has 0 spiro atoms. The van der Waals surface area contributed by atoms with Gasteiger partial charge >= 0.3 is 0 Å². The van der Waals surface area contributed by atoms with E-state index < -0.39 is 24.6 Å². The van der Waals surface area contributed by atoms with Crippen LogP contribution in [-0.4, -0.2) is 54.1 Å². The molecule has 0 aliphatic carbocycles. The first kappa shape index (κ1) is 11.3. The zero-order chi connectivity index (χ0) is 10.8. The van der Waals surface area contributed by atoms with Crippen molar-refractivity contribution >= 4 is 0 Å². The Bertz CT molecular complexity index is 194. The lowest BCUT2D eigenvalue weighted by molar-refractivity contribution is -0.240. The number of aliphatic hydroxyl groups excluding tert-OH is 2. The summed E-state index contributed by atoms with van der Waals surface area (Å²) in [6.45, 7) is 2.94. The Morgan fingerprint density at radius 1 is 1.33 bits per heavy atom. The molecule has 2 aliphatic heterocycles. The lowest BCUT2D eigenvalue weighted by Crippen LogP contribution is -2.55. The first-order valence-electron chi connectivity index (χ1n) is 5.49. The Balaban J connectivity index is 1.91. The van der Waals surface area contributed by atoms with Gasteiger partial charge in [-0.2, -0.15) is 0 Å². The van der Waals surface area contributed by atoms with Crippen LogP contribution in [-0.2, 0) is 14.2 Å². The molecule has 2 rings (SSSR count). The van der Waals surface area contributed by atoms with Gasteiger partial charge in [-0.3, -0.25) is 0 Å². The van der Waals surface area contributed by atoms with Crippen molar-refractivity contribution in [1.29, 1.82) is 0 Å². The predicted octanol–water partition coefficient (Wildman–Crippen LogP) is -0.351. The molecule has 0 aromatic heterocycles. The van der Waals surface area contributed by atoms with Crippen LogP contribution in [0, 0.1) is 0 Å². The molecular formula is C10H18O5. The summed E-state index contributed by atoms with van der Waals surface area (Å²) in [4.78, 5) is 0. The molecular weight excluding hydrogens is 200 g/mol. The lowest BCUT2D eigenvalue weighted by Gasteiger charge is -2.35. The Kier molecular flexibility index (Phi) is 3.58. The van der Waals surface area contributed by atoms with E-state index in [1.807, 2.05) is 0 Å². The smallest absolute Gasteiger partial charge is 0.186 e. The van der Waals surface area contributed by atoms with Crippen molar-refractivity contribution in [3.63, 3.8) is 0 Å². The zero-order valence-corrected chi connectivity index (χ0v) is 8.83. The van der Waals surface area contributed by atoms with Crippen molar-refractivity contribution in [3.05, 3.63) is 0 Å². The normalized spacial score (nSPS) is 44.6. The fraction of sp³-hybridized carbons (Fsp3) is 1.00. The molecule has 2 heterocycles. The monoisotopic (exact) mass is 218 g/mol. The second kappa shape index (κ2) is 4.76. The first-order chi connectivity index (χ1) is 7.24. The summed E-state index contributed by atoms with van der Waals surface area (Å²) in [5.74, 6) is 0. The largest absolute Gasteiger partial charge is 0.387 e.